The summed E-state index contributed by atoms with van der Waals surface area (Å²) in [5.41, 5.74) is 0. The van der Waals surface area contributed by atoms with Crippen LogP contribution in [-0.4, -0.2) is 37.9 Å². The molecule has 0 aliphatic carbocycles. The molecule has 5 nitrogen and oxygen atoms in total. The Bertz CT molecular complexity index is 977. The van der Waals surface area contributed by atoms with Crippen molar-refractivity contribution in [3.8, 4) is 0 Å². The highest BCUT2D eigenvalue weighted by molar-refractivity contribution is 5.70. The van der Waals surface area contributed by atoms with Gasteiger partial charge in [0, 0.05) is 19.4 Å². The Balaban J connectivity index is 4.28. The first-order valence-electron chi connectivity index (χ1n) is 23.8. The van der Waals surface area contributed by atoms with Crippen LogP contribution in [0.4, 0.5) is 0 Å². The van der Waals surface area contributed by atoms with E-state index in [-0.39, 0.29) is 25.2 Å². The lowest BCUT2D eigenvalue weighted by molar-refractivity contribution is -0.163. The lowest BCUT2D eigenvalue weighted by atomic mass is 10.1. The number of esters is 2. The summed E-state index contributed by atoms with van der Waals surface area (Å²) in [7, 11) is 0. The van der Waals surface area contributed by atoms with Crippen molar-refractivity contribution in [2.24, 2.45) is 0 Å². The first-order chi connectivity index (χ1) is 27.6. The minimum absolute atomic E-state index is 0.0687. The van der Waals surface area contributed by atoms with Gasteiger partial charge in [-0.15, -0.1) is 0 Å². The number of ether oxygens (including phenoxy) is 3. The van der Waals surface area contributed by atoms with E-state index in [1.807, 2.05) is 0 Å². The van der Waals surface area contributed by atoms with Crippen molar-refractivity contribution in [2.45, 2.75) is 232 Å². The Kier molecular flexibility index (Phi) is 45.0. The zero-order chi connectivity index (χ0) is 40.7. The summed E-state index contributed by atoms with van der Waals surface area (Å²) in [5, 5.41) is 0. The van der Waals surface area contributed by atoms with E-state index in [9.17, 15) is 9.59 Å². The van der Waals surface area contributed by atoms with Gasteiger partial charge in [-0.1, -0.05) is 191 Å². The average Bonchev–Trinajstić information content (AvgIpc) is 3.20. The molecule has 56 heavy (non-hydrogen) atoms. The van der Waals surface area contributed by atoms with Crippen molar-refractivity contribution < 1.29 is 23.8 Å². The second-order valence-corrected chi connectivity index (χ2v) is 15.6. The highest BCUT2D eigenvalue weighted by atomic mass is 16.6. The molecule has 0 aromatic heterocycles. The van der Waals surface area contributed by atoms with Gasteiger partial charge in [-0.2, -0.15) is 0 Å². The van der Waals surface area contributed by atoms with E-state index in [2.05, 4.69) is 81.5 Å². The van der Waals surface area contributed by atoms with Gasteiger partial charge < -0.3 is 14.2 Å². The van der Waals surface area contributed by atoms with Crippen LogP contribution in [0.25, 0.3) is 0 Å². The lowest BCUT2D eigenvalue weighted by Crippen LogP contribution is -2.30. The summed E-state index contributed by atoms with van der Waals surface area (Å²) >= 11 is 0. The zero-order valence-corrected chi connectivity index (χ0v) is 37.1. The minimum Gasteiger partial charge on any atom is -0.462 e. The maximum absolute atomic E-state index is 12.7. The van der Waals surface area contributed by atoms with Crippen molar-refractivity contribution in [1.82, 2.24) is 0 Å². The van der Waals surface area contributed by atoms with Crippen LogP contribution in [0.5, 0.6) is 0 Å². The van der Waals surface area contributed by atoms with Crippen molar-refractivity contribution in [1.29, 1.82) is 0 Å². The van der Waals surface area contributed by atoms with Gasteiger partial charge in [-0.25, -0.2) is 0 Å². The van der Waals surface area contributed by atoms with E-state index in [1.54, 1.807) is 0 Å². The third-order valence-electron chi connectivity index (χ3n) is 10.0. The molecular formula is C51H90O5. The van der Waals surface area contributed by atoms with Gasteiger partial charge in [-0.3, -0.25) is 9.59 Å². The molecule has 0 aromatic rings. The van der Waals surface area contributed by atoms with Gasteiger partial charge in [0.2, 0.25) is 0 Å². The number of carbonyl (C=O) groups excluding carboxylic acids is 2. The molecule has 0 rings (SSSR count). The summed E-state index contributed by atoms with van der Waals surface area (Å²) in [6, 6.07) is 0. The lowest BCUT2D eigenvalue weighted by Gasteiger charge is -2.18. The summed E-state index contributed by atoms with van der Waals surface area (Å²) in [6.07, 6.45) is 58.0. The maximum atomic E-state index is 12.7. The van der Waals surface area contributed by atoms with Crippen LogP contribution in [0.2, 0.25) is 0 Å². The molecule has 0 spiro atoms. The molecule has 0 heterocycles. The Morgan fingerprint density at radius 1 is 0.411 bits per heavy atom. The van der Waals surface area contributed by atoms with Crippen LogP contribution in [-0.2, 0) is 23.8 Å². The molecule has 0 saturated heterocycles. The molecule has 0 bridgehead atoms. The minimum atomic E-state index is -0.552. The molecule has 0 N–H and O–H groups in total. The summed E-state index contributed by atoms with van der Waals surface area (Å²) in [6.45, 7) is 7.62. The van der Waals surface area contributed by atoms with Crippen LogP contribution < -0.4 is 0 Å². The topological polar surface area (TPSA) is 61.8 Å². The largest absolute Gasteiger partial charge is 0.462 e. The molecule has 5 heteroatoms. The molecular weight excluding hydrogens is 693 g/mol. The standard InChI is InChI=1S/C51H90O5/c1-4-7-10-13-16-19-21-23-25-27-29-31-34-37-40-43-46-54-47-49(56-51(53)45-42-39-36-32-18-15-12-9-6-3)48-55-50(52)44-41-38-35-33-30-28-26-24-22-20-17-14-11-8-5-2/h7,10,16,19,23-26,29,31,49H,4-6,8-9,11-15,17-18,20-22,27-28,30,32-48H2,1-3H3/b10-7-,19-16-,25-23-,26-24-,31-29-. The molecule has 0 radical (unpaired) electrons. The van der Waals surface area contributed by atoms with Gasteiger partial charge in [-0.05, 0) is 83.5 Å². The molecule has 0 fully saturated rings. The van der Waals surface area contributed by atoms with Crippen LogP contribution in [0.1, 0.15) is 226 Å². The fourth-order valence-corrected chi connectivity index (χ4v) is 6.49. The Morgan fingerprint density at radius 3 is 1.30 bits per heavy atom. The maximum Gasteiger partial charge on any atom is 0.306 e. The highest BCUT2D eigenvalue weighted by Crippen LogP contribution is 2.13. The predicted octanol–water partition coefficient (Wildman–Crippen LogP) is 15.8. The third-order valence-corrected chi connectivity index (χ3v) is 10.0. The smallest absolute Gasteiger partial charge is 0.306 e. The van der Waals surface area contributed by atoms with Crippen LogP contribution in [0, 0.1) is 0 Å². The quantitative estimate of drug-likeness (QED) is 0.0350. The van der Waals surface area contributed by atoms with E-state index in [4.69, 9.17) is 14.2 Å². The number of unbranched alkanes of at least 4 members (excludes halogenated alkanes) is 22. The number of carbonyl (C=O) groups is 2. The summed E-state index contributed by atoms with van der Waals surface area (Å²) < 4.78 is 17.3. The molecule has 0 amide bonds. The number of hydrogen-bond acceptors (Lipinski definition) is 5. The molecule has 324 valence electrons. The van der Waals surface area contributed by atoms with Crippen LogP contribution >= 0.6 is 0 Å². The van der Waals surface area contributed by atoms with Crippen molar-refractivity contribution in [2.75, 3.05) is 19.8 Å². The van der Waals surface area contributed by atoms with E-state index < -0.39 is 6.10 Å². The zero-order valence-electron chi connectivity index (χ0n) is 37.1. The van der Waals surface area contributed by atoms with Crippen molar-refractivity contribution in [3.63, 3.8) is 0 Å². The van der Waals surface area contributed by atoms with Gasteiger partial charge in [0.15, 0.2) is 6.10 Å². The summed E-state index contributed by atoms with van der Waals surface area (Å²) in [5.74, 6) is -0.425. The number of hydrogen-bond donors (Lipinski definition) is 0. The predicted molar refractivity (Wildman–Crippen MR) is 242 cm³/mol. The Morgan fingerprint density at radius 2 is 0.804 bits per heavy atom. The normalized spacial score (nSPS) is 12.7. The Hall–Kier alpha value is -2.40. The van der Waals surface area contributed by atoms with Crippen molar-refractivity contribution in [3.05, 3.63) is 60.8 Å². The van der Waals surface area contributed by atoms with Gasteiger partial charge >= 0.3 is 11.9 Å². The van der Waals surface area contributed by atoms with E-state index in [1.165, 1.54) is 103 Å². The second kappa shape index (κ2) is 47.0. The fraction of sp³-hybridized carbons (Fsp3) is 0.765. The van der Waals surface area contributed by atoms with Gasteiger partial charge in [0.05, 0.1) is 6.61 Å². The molecule has 0 aliphatic rings. The first-order valence-corrected chi connectivity index (χ1v) is 23.8. The van der Waals surface area contributed by atoms with Gasteiger partial charge in [0.25, 0.3) is 0 Å². The fourth-order valence-electron chi connectivity index (χ4n) is 6.49. The SMILES string of the molecule is CC/C=C\C/C=C\C/C=C\C/C=C\CCCCCOCC(COC(=O)CCCCCCC/C=C\CCCCCCCC)OC(=O)CCCCCCCCCCC. The van der Waals surface area contributed by atoms with E-state index in [0.29, 0.717) is 19.4 Å². The van der Waals surface area contributed by atoms with E-state index >= 15 is 0 Å². The molecule has 1 atom stereocenters. The monoisotopic (exact) mass is 783 g/mol. The number of allylic oxidation sites excluding steroid dienone is 10. The second-order valence-electron chi connectivity index (χ2n) is 15.6. The molecule has 1 unspecified atom stereocenters. The van der Waals surface area contributed by atoms with E-state index in [0.717, 1.165) is 89.9 Å². The molecule has 0 aromatic carbocycles. The van der Waals surface area contributed by atoms with Crippen LogP contribution in [0.3, 0.4) is 0 Å². The summed E-state index contributed by atoms with van der Waals surface area (Å²) in [4.78, 5) is 25.2. The van der Waals surface area contributed by atoms with Crippen molar-refractivity contribution >= 4 is 11.9 Å². The number of rotatable bonds is 43. The van der Waals surface area contributed by atoms with Gasteiger partial charge in [0.1, 0.15) is 6.61 Å². The average molecular weight is 783 g/mol. The third kappa shape index (κ3) is 44.3. The first kappa shape index (κ1) is 53.6. The highest BCUT2D eigenvalue weighted by Gasteiger charge is 2.17. The van der Waals surface area contributed by atoms with Crippen LogP contribution in [0.15, 0.2) is 60.8 Å². The molecule has 0 aliphatic heterocycles. The molecule has 0 saturated carbocycles. The Labute approximate surface area is 347 Å².